The van der Waals surface area contributed by atoms with Crippen LogP contribution >= 0.6 is 12.4 Å². The Hall–Kier alpha value is -1.59. The first kappa shape index (κ1) is 18.7. The van der Waals surface area contributed by atoms with Gasteiger partial charge in [0.05, 0.1) is 5.92 Å². The number of nitrogens with one attached hydrogen (secondary N) is 1. The first-order valence-electron chi connectivity index (χ1n) is 8.35. The third-order valence-electron chi connectivity index (χ3n) is 4.81. The molecule has 0 aromatic heterocycles. The molecule has 0 bridgehead atoms. The van der Waals surface area contributed by atoms with E-state index >= 15 is 0 Å². The number of carbonyl (C=O) groups excluding carboxylic acids is 2. The lowest BCUT2D eigenvalue weighted by molar-refractivity contribution is -0.136. The number of anilines is 1. The second kappa shape index (κ2) is 7.53. The number of halogens is 1. The quantitative estimate of drug-likeness (QED) is 0.884. The summed E-state index contributed by atoms with van der Waals surface area (Å²) in [7, 11) is 0. The molecule has 0 radical (unpaired) electrons. The lowest BCUT2D eigenvalue weighted by Crippen LogP contribution is -2.48. The number of nitrogens with zero attached hydrogens (tertiary/aromatic N) is 2. The number of benzene rings is 1. The lowest BCUT2D eigenvalue weighted by Gasteiger charge is -2.29. The predicted octanol–water partition coefficient (Wildman–Crippen LogP) is 1.82. The molecule has 2 amide bonds. The topological polar surface area (TPSA) is 52.7 Å². The molecular formula is C18H26ClN3O2. The minimum absolute atomic E-state index is 0. The Balaban J connectivity index is 0.00000208. The highest BCUT2D eigenvalue weighted by atomic mass is 35.5. The van der Waals surface area contributed by atoms with Gasteiger partial charge in [0.15, 0.2) is 0 Å². The lowest BCUT2D eigenvalue weighted by atomic mass is 10.0. The number of rotatable bonds is 2. The molecule has 3 rings (SSSR count). The fourth-order valence-corrected chi connectivity index (χ4v) is 3.83. The Labute approximate surface area is 149 Å². The van der Waals surface area contributed by atoms with Crippen LogP contribution in [0.5, 0.6) is 0 Å². The van der Waals surface area contributed by atoms with E-state index in [-0.39, 0.29) is 30.1 Å². The summed E-state index contributed by atoms with van der Waals surface area (Å²) in [6.07, 6.45) is 0.329. The average Bonchev–Trinajstić information content (AvgIpc) is 2.88. The van der Waals surface area contributed by atoms with Crippen LogP contribution in [0.25, 0.3) is 0 Å². The van der Waals surface area contributed by atoms with Gasteiger partial charge in [-0.2, -0.15) is 0 Å². The van der Waals surface area contributed by atoms with Gasteiger partial charge in [-0.25, -0.2) is 0 Å². The molecule has 1 atom stereocenters. The third-order valence-corrected chi connectivity index (χ3v) is 4.81. The third kappa shape index (κ3) is 3.57. The monoisotopic (exact) mass is 351 g/mol. The van der Waals surface area contributed by atoms with E-state index in [1.807, 2.05) is 23.6 Å². The van der Waals surface area contributed by atoms with Crippen molar-refractivity contribution in [3.05, 3.63) is 28.8 Å². The van der Waals surface area contributed by atoms with Crippen molar-refractivity contribution in [3.8, 4) is 0 Å². The van der Waals surface area contributed by atoms with E-state index in [2.05, 4.69) is 24.4 Å². The van der Waals surface area contributed by atoms with Crippen molar-refractivity contribution in [2.24, 2.45) is 5.92 Å². The Morgan fingerprint density at radius 1 is 1.12 bits per heavy atom. The Morgan fingerprint density at radius 3 is 2.29 bits per heavy atom. The van der Waals surface area contributed by atoms with E-state index in [4.69, 9.17) is 0 Å². The highest BCUT2D eigenvalue weighted by Crippen LogP contribution is 2.32. The molecule has 1 aromatic carbocycles. The Morgan fingerprint density at radius 2 is 1.71 bits per heavy atom. The van der Waals surface area contributed by atoms with Crippen LogP contribution in [-0.2, 0) is 9.59 Å². The zero-order chi connectivity index (χ0) is 16.6. The number of amides is 2. The van der Waals surface area contributed by atoms with Gasteiger partial charge in [-0.1, -0.05) is 17.7 Å². The van der Waals surface area contributed by atoms with Gasteiger partial charge in [-0.3, -0.25) is 9.59 Å². The van der Waals surface area contributed by atoms with Crippen molar-refractivity contribution in [2.45, 2.75) is 27.2 Å². The maximum Gasteiger partial charge on any atom is 0.228 e. The van der Waals surface area contributed by atoms with Gasteiger partial charge in [-0.05, 0) is 31.9 Å². The zero-order valence-corrected chi connectivity index (χ0v) is 15.4. The van der Waals surface area contributed by atoms with Gasteiger partial charge in [-0.15, -0.1) is 12.4 Å². The van der Waals surface area contributed by atoms with Crippen molar-refractivity contribution >= 4 is 29.9 Å². The van der Waals surface area contributed by atoms with E-state index in [1.165, 1.54) is 5.56 Å². The molecule has 6 heteroatoms. The summed E-state index contributed by atoms with van der Waals surface area (Å²) >= 11 is 0. The van der Waals surface area contributed by atoms with Gasteiger partial charge in [0.1, 0.15) is 0 Å². The van der Waals surface area contributed by atoms with Gasteiger partial charge in [0.25, 0.3) is 0 Å². The van der Waals surface area contributed by atoms with Crippen LogP contribution in [0.2, 0.25) is 0 Å². The molecule has 24 heavy (non-hydrogen) atoms. The number of piperazine rings is 1. The maximum absolute atomic E-state index is 12.7. The summed E-state index contributed by atoms with van der Waals surface area (Å²) in [5.41, 5.74) is 4.39. The second-order valence-electron chi connectivity index (χ2n) is 6.73. The van der Waals surface area contributed by atoms with Crippen LogP contribution in [0.15, 0.2) is 12.1 Å². The van der Waals surface area contributed by atoms with Gasteiger partial charge < -0.3 is 15.1 Å². The fourth-order valence-electron chi connectivity index (χ4n) is 3.83. The van der Waals surface area contributed by atoms with Crippen LogP contribution < -0.4 is 10.2 Å². The van der Waals surface area contributed by atoms with Gasteiger partial charge in [0, 0.05) is 44.8 Å². The molecule has 1 unspecified atom stereocenters. The predicted molar refractivity (Wildman–Crippen MR) is 97.8 cm³/mol. The smallest absolute Gasteiger partial charge is 0.228 e. The van der Waals surface area contributed by atoms with Crippen LogP contribution in [0, 0.1) is 26.7 Å². The first-order valence-corrected chi connectivity index (χ1v) is 8.35. The van der Waals surface area contributed by atoms with Crippen molar-refractivity contribution in [3.63, 3.8) is 0 Å². The molecular weight excluding hydrogens is 326 g/mol. The van der Waals surface area contributed by atoms with Gasteiger partial charge in [0.2, 0.25) is 11.8 Å². The highest BCUT2D eigenvalue weighted by Gasteiger charge is 2.38. The number of carbonyl (C=O) groups is 2. The molecule has 2 aliphatic heterocycles. The molecule has 1 N–H and O–H groups in total. The molecule has 2 heterocycles. The standard InChI is InChI=1S/C18H25N3O2.ClH/c1-12-8-13(2)17(14(3)9-12)21-11-15(10-16(21)22)18(23)20-6-4-19-5-7-20;/h8-9,15,19H,4-7,10-11H2,1-3H3;1H. The average molecular weight is 352 g/mol. The van der Waals surface area contributed by atoms with Crippen molar-refractivity contribution in [2.75, 3.05) is 37.6 Å². The Bertz CT molecular complexity index is 618. The molecule has 1 aromatic rings. The molecule has 0 saturated carbocycles. The minimum atomic E-state index is -0.208. The molecule has 2 saturated heterocycles. The molecule has 0 aliphatic carbocycles. The maximum atomic E-state index is 12.7. The summed E-state index contributed by atoms with van der Waals surface area (Å²) in [4.78, 5) is 28.9. The second-order valence-corrected chi connectivity index (χ2v) is 6.73. The normalized spacial score (nSPS) is 21.0. The van der Waals surface area contributed by atoms with Gasteiger partial charge >= 0.3 is 0 Å². The van der Waals surface area contributed by atoms with E-state index in [1.54, 1.807) is 0 Å². The summed E-state index contributed by atoms with van der Waals surface area (Å²) in [5.74, 6) is -0.0148. The zero-order valence-electron chi connectivity index (χ0n) is 14.6. The highest BCUT2D eigenvalue weighted by molar-refractivity contribution is 6.01. The molecule has 132 valence electrons. The van der Waals surface area contributed by atoms with Crippen molar-refractivity contribution < 1.29 is 9.59 Å². The molecule has 0 spiro atoms. The van der Waals surface area contributed by atoms with Crippen LogP contribution in [0.3, 0.4) is 0 Å². The van der Waals surface area contributed by atoms with Crippen molar-refractivity contribution in [1.82, 2.24) is 10.2 Å². The molecule has 5 nitrogen and oxygen atoms in total. The molecule has 2 aliphatic rings. The van der Waals surface area contributed by atoms with E-state index in [0.29, 0.717) is 13.0 Å². The van der Waals surface area contributed by atoms with E-state index in [9.17, 15) is 9.59 Å². The van der Waals surface area contributed by atoms with Crippen LogP contribution in [-0.4, -0.2) is 49.4 Å². The summed E-state index contributed by atoms with van der Waals surface area (Å²) in [6.45, 7) is 9.80. The number of aryl methyl sites for hydroxylation is 3. The number of hydrogen-bond donors (Lipinski definition) is 1. The Kier molecular flexibility index (Phi) is 5.88. The molecule has 2 fully saturated rings. The largest absolute Gasteiger partial charge is 0.340 e. The SMILES string of the molecule is Cc1cc(C)c(N2CC(C(=O)N3CCNCC3)CC2=O)c(C)c1.Cl. The number of hydrogen-bond acceptors (Lipinski definition) is 3. The van der Waals surface area contributed by atoms with Crippen LogP contribution in [0.4, 0.5) is 5.69 Å². The van der Waals surface area contributed by atoms with E-state index < -0.39 is 0 Å². The minimum Gasteiger partial charge on any atom is -0.340 e. The first-order chi connectivity index (χ1) is 11.0. The van der Waals surface area contributed by atoms with Crippen LogP contribution in [0.1, 0.15) is 23.1 Å². The van der Waals surface area contributed by atoms with Crippen molar-refractivity contribution in [1.29, 1.82) is 0 Å². The summed E-state index contributed by atoms with van der Waals surface area (Å²) in [6, 6.07) is 4.20. The summed E-state index contributed by atoms with van der Waals surface area (Å²) in [5, 5.41) is 3.25. The van der Waals surface area contributed by atoms with E-state index in [0.717, 1.165) is 43.0 Å². The fraction of sp³-hybridized carbons (Fsp3) is 0.556. The summed E-state index contributed by atoms with van der Waals surface area (Å²) < 4.78 is 0.